The number of hydrogen-bond acceptors (Lipinski definition) is 2. The predicted octanol–water partition coefficient (Wildman–Crippen LogP) is 2.94. The third-order valence-corrected chi connectivity index (χ3v) is 2.66. The van der Waals surface area contributed by atoms with Crippen LogP contribution in [0.15, 0.2) is 12.1 Å². The number of hydrogen-bond donors (Lipinski definition) is 1. The van der Waals surface area contributed by atoms with Crippen LogP contribution < -0.4 is 5.32 Å². The molecule has 0 heterocycles. The smallest absolute Gasteiger partial charge is 0.238 e. The van der Waals surface area contributed by atoms with Gasteiger partial charge in [-0.1, -0.05) is 11.6 Å². The molecular weight excluding hydrogens is 333 g/mol. The number of nitrogens with one attached hydrogen (secondary N) is 1. The second-order valence-electron chi connectivity index (χ2n) is 2.63. The minimum atomic E-state index is -0.471. The van der Waals surface area contributed by atoms with E-state index in [1.54, 1.807) is 28.7 Å². The van der Waals surface area contributed by atoms with Crippen LogP contribution in [-0.2, 0) is 4.79 Å². The number of carbonyl (C=O) groups excluding carboxylic acids is 1. The van der Waals surface area contributed by atoms with Gasteiger partial charge < -0.3 is 5.32 Å². The minimum absolute atomic E-state index is 0.110. The lowest BCUT2D eigenvalue weighted by atomic mass is 10.3. The van der Waals surface area contributed by atoms with Crippen LogP contribution in [0.25, 0.3) is 0 Å². The average molecular weight is 339 g/mol. The molecular formula is C9H5ClFIN2O. The molecule has 0 spiro atoms. The topological polar surface area (TPSA) is 52.9 Å². The first kappa shape index (κ1) is 12.2. The molecule has 1 aromatic rings. The van der Waals surface area contributed by atoms with Crippen molar-refractivity contribution < 1.29 is 9.18 Å². The largest absolute Gasteiger partial charge is 0.324 e. The number of nitrogens with zero attached hydrogens (tertiary/aromatic N) is 1. The third-order valence-electron chi connectivity index (χ3n) is 1.52. The number of carbonyl (C=O) groups is 1. The van der Waals surface area contributed by atoms with Gasteiger partial charge in [-0.05, 0) is 34.7 Å². The average Bonchev–Trinajstić information content (AvgIpc) is 2.14. The molecule has 0 unspecified atom stereocenters. The van der Waals surface area contributed by atoms with E-state index >= 15 is 0 Å². The molecule has 15 heavy (non-hydrogen) atoms. The minimum Gasteiger partial charge on any atom is -0.324 e. The summed E-state index contributed by atoms with van der Waals surface area (Å²) in [5, 5.41) is 10.8. The van der Waals surface area contributed by atoms with Crippen molar-refractivity contribution in [2.45, 2.75) is 6.42 Å². The molecule has 6 heteroatoms. The van der Waals surface area contributed by atoms with E-state index < -0.39 is 11.7 Å². The summed E-state index contributed by atoms with van der Waals surface area (Å²) in [6.07, 6.45) is -0.260. The maximum absolute atomic E-state index is 13.0. The fourth-order valence-electron chi connectivity index (χ4n) is 0.885. The number of rotatable bonds is 2. The van der Waals surface area contributed by atoms with Crippen molar-refractivity contribution in [3.05, 3.63) is 26.5 Å². The molecule has 0 bridgehead atoms. The fourth-order valence-corrected chi connectivity index (χ4v) is 1.55. The Labute approximate surface area is 104 Å². The van der Waals surface area contributed by atoms with Crippen molar-refractivity contribution in [2.75, 3.05) is 5.32 Å². The van der Waals surface area contributed by atoms with E-state index in [1.807, 2.05) is 0 Å². The molecule has 0 aliphatic rings. The zero-order valence-corrected chi connectivity index (χ0v) is 10.3. The van der Waals surface area contributed by atoms with E-state index in [9.17, 15) is 9.18 Å². The summed E-state index contributed by atoms with van der Waals surface area (Å²) in [6, 6.07) is 4.23. The molecule has 0 radical (unpaired) electrons. The summed E-state index contributed by atoms with van der Waals surface area (Å²) in [7, 11) is 0. The number of amides is 1. The van der Waals surface area contributed by atoms with Crippen molar-refractivity contribution in [1.29, 1.82) is 5.26 Å². The first-order valence-corrected chi connectivity index (χ1v) is 5.31. The highest BCUT2D eigenvalue weighted by atomic mass is 127. The molecule has 0 saturated heterocycles. The first-order valence-electron chi connectivity index (χ1n) is 3.86. The second-order valence-corrected chi connectivity index (χ2v) is 4.20. The quantitative estimate of drug-likeness (QED) is 0.666. The summed E-state index contributed by atoms with van der Waals surface area (Å²) in [4.78, 5) is 11.1. The van der Waals surface area contributed by atoms with E-state index in [0.29, 0.717) is 9.26 Å². The Morgan fingerprint density at radius 2 is 2.33 bits per heavy atom. The van der Waals surface area contributed by atoms with Crippen LogP contribution >= 0.6 is 34.2 Å². The zero-order valence-electron chi connectivity index (χ0n) is 7.35. The van der Waals surface area contributed by atoms with Crippen molar-refractivity contribution in [1.82, 2.24) is 0 Å². The van der Waals surface area contributed by atoms with Crippen LogP contribution in [0.2, 0.25) is 5.02 Å². The number of halogens is 3. The van der Waals surface area contributed by atoms with Crippen LogP contribution in [0.5, 0.6) is 0 Å². The van der Waals surface area contributed by atoms with Gasteiger partial charge in [-0.2, -0.15) is 5.26 Å². The zero-order chi connectivity index (χ0) is 11.4. The molecule has 0 aliphatic heterocycles. The maximum atomic E-state index is 13.0. The lowest BCUT2D eigenvalue weighted by molar-refractivity contribution is -0.115. The Balaban J connectivity index is 2.92. The molecule has 0 aliphatic carbocycles. The Morgan fingerprint density at radius 1 is 1.67 bits per heavy atom. The molecule has 0 fully saturated rings. The van der Waals surface area contributed by atoms with E-state index in [1.165, 1.54) is 6.07 Å². The highest BCUT2D eigenvalue weighted by Crippen LogP contribution is 2.26. The van der Waals surface area contributed by atoms with Gasteiger partial charge in [0.05, 0.1) is 20.3 Å². The fraction of sp³-hybridized carbons (Fsp3) is 0.111. The van der Waals surface area contributed by atoms with Crippen LogP contribution in [0, 0.1) is 20.7 Å². The number of benzene rings is 1. The van der Waals surface area contributed by atoms with Crippen LogP contribution in [0.4, 0.5) is 10.1 Å². The Hall–Kier alpha value is -0.870. The van der Waals surface area contributed by atoms with Gasteiger partial charge in [0.1, 0.15) is 12.2 Å². The van der Waals surface area contributed by atoms with E-state index in [0.717, 1.165) is 6.07 Å². The first-order chi connectivity index (χ1) is 7.04. The molecule has 1 N–H and O–H groups in total. The van der Waals surface area contributed by atoms with Crippen LogP contribution in [0.1, 0.15) is 6.42 Å². The standard InChI is InChI=1S/C9H5ClFIN2O/c10-5-3-6(11)7(12)4-8(5)14-9(15)1-2-13/h3-4H,1H2,(H,14,15). The van der Waals surface area contributed by atoms with Crippen molar-refractivity contribution in [3.8, 4) is 6.07 Å². The molecule has 3 nitrogen and oxygen atoms in total. The number of nitriles is 1. The van der Waals surface area contributed by atoms with Gasteiger partial charge in [-0.3, -0.25) is 4.79 Å². The monoisotopic (exact) mass is 338 g/mol. The van der Waals surface area contributed by atoms with Gasteiger partial charge in [0.15, 0.2) is 0 Å². The molecule has 78 valence electrons. The molecule has 0 aromatic heterocycles. The van der Waals surface area contributed by atoms with E-state index in [-0.39, 0.29) is 11.4 Å². The summed E-state index contributed by atoms with van der Waals surface area (Å²) in [5.41, 5.74) is 0.308. The van der Waals surface area contributed by atoms with E-state index in [2.05, 4.69) is 5.32 Å². The summed E-state index contributed by atoms with van der Waals surface area (Å²) >= 11 is 7.49. The van der Waals surface area contributed by atoms with Gasteiger partial charge in [-0.15, -0.1) is 0 Å². The van der Waals surface area contributed by atoms with E-state index in [4.69, 9.17) is 16.9 Å². The van der Waals surface area contributed by atoms with Crippen LogP contribution in [0.3, 0.4) is 0 Å². The highest BCUT2D eigenvalue weighted by molar-refractivity contribution is 14.1. The molecule has 1 amide bonds. The van der Waals surface area contributed by atoms with Crippen molar-refractivity contribution >= 4 is 45.8 Å². The number of anilines is 1. The summed E-state index contributed by atoms with van der Waals surface area (Å²) in [5.74, 6) is -0.916. The van der Waals surface area contributed by atoms with Crippen molar-refractivity contribution in [3.63, 3.8) is 0 Å². The molecule has 0 atom stereocenters. The van der Waals surface area contributed by atoms with Gasteiger partial charge in [-0.25, -0.2) is 4.39 Å². The highest BCUT2D eigenvalue weighted by Gasteiger charge is 2.09. The Bertz CT molecular complexity index is 444. The second kappa shape index (κ2) is 5.28. The molecule has 0 saturated carbocycles. The Morgan fingerprint density at radius 3 is 2.93 bits per heavy atom. The molecule has 1 aromatic carbocycles. The normalized spacial score (nSPS) is 9.47. The molecule has 1 rings (SSSR count). The van der Waals surface area contributed by atoms with Crippen LogP contribution in [-0.4, -0.2) is 5.91 Å². The predicted molar refractivity (Wildman–Crippen MR) is 63.0 cm³/mol. The summed E-state index contributed by atoms with van der Waals surface area (Å²) in [6.45, 7) is 0. The SMILES string of the molecule is N#CCC(=O)Nc1cc(I)c(F)cc1Cl. The lowest BCUT2D eigenvalue weighted by Gasteiger charge is -2.06. The van der Waals surface area contributed by atoms with Crippen molar-refractivity contribution in [2.24, 2.45) is 0 Å². The maximum Gasteiger partial charge on any atom is 0.238 e. The van der Waals surface area contributed by atoms with Gasteiger partial charge in [0.2, 0.25) is 5.91 Å². The lowest BCUT2D eigenvalue weighted by Crippen LogP contribution is -2.10. The van der Waals surface area contributed by atoms with Gasteiger partial charge >= 0.3 is 0 Å². The van der Waals surface area contributed by atoms with Gasteiger partial charge in [0, 0.05) is 0 Å². The third kappa shape index (κ3) is 3.32. The van der Waals surface area contributed by atoms with Gasteiger partial charge in [0.25, 0.3) is 0 Å². The Kier molecular flexibility index (Phi) is 4.29. The summed E-state index contributed by atoms with van der Waals surface area (Å²) < 4.78 is 13.3.